The number of rotatable bonds is 3. The first-order valence-electron chi connectivity index (χ1n) is 5.76. The van der Waals surface area contributed by atoms with Gasteiger partial charge in [0.15, 0.2) is 0 Å². The van der Waals surface area contributed by atoms with Gasteiger partial charge in [-0.1, -0.05) is 20.8 Å². The molecular weight excluding hydrogens is 184 g/mol. The van der Waals surface area contributed by atoms with Crippen LogP contribution < -0.4 is 11.5 Å². The first kappa shape index (κ1) is 11.9. The molecule has 0 radical (unpaired) electrons. The van der Waals surface area contributed by atoms with Crippen molar-refractivity contribution in [2.24, 2.45) is 0 Å². The van der Waals surface area contributed by atoms with Gasteiger partial charge in [-0.05, 0) is 48.4 Å². The lowest BCUT2D eigenvalue weighted by atomic mass is 9.90. The van der Waals surface area contributed by atoms with Crippen molar-refractivity contribution in [3.63, 3.8) is 0 Å². The molecule has 0 unspecified atom stereocenters. The van der Waals surface area contributed by atoms with Crippen molar-refractivity contribution in [2.75, 3.05) is 11.5 Å². The first-order valence-corrected chi connectivity index (χ1v) is 5.76. The highest BCUT2D eigenvalue weighted by molar-refractivity contribution is 5.71. The summed E-state index contributed by atoms with van der Waals surface area (Å²) in [6.07, 6.45) is 2.88. The van der Waals surface area contributed by atoms with E-state index in [4.69, 9.17) is 11.5 Å². The molecule has 2 heteroatoms. The van der Waals surface area contributed by atoms with Gasteiger partial charge in [-0.15, -0.1) is 0 Å². The molecule has 1 aromatic rings. The van der Waals surface area contributed by atoms with E-state index in [1.54, 1.807) is 0 Å². The average Bonchev–Trinajstić information content (AvgIpc) is 2.23. The van der Waals surface area contributed by atoms with Crippen molar-refractivity contribution in [1.82, 2.24) is 0 Å². The third kappa shape index (κ3) is 1.81. The van der Waals surface area contributed by atoms with Gasteiger partial charge in [0.2, 0.25) is 0 Å². The van der Waals surface area contributed by atoms with E-state index in [9.17, 15) is 0 Å². The van der Waals surface area contributed by atoms with Crippen LogP contribution in [0.2, 0.25) is 0 Å². The Morgan fingerprint density at radius 2 is 1.13 bits per heavy atom. The zero-order valence-corrected chi connectivity index (χ0v) is 10.3. The van der Waals surface area contributed by atoms with Crippen LogP contribution in [0.25, 0.3) is 0 Å². The topological polar surface area (TPSA) is 52.0 Å². The number of nitrogens with two attached hydrogens (primary N) is 2. The number of hydrogen-bond donors (Lipinski definition) is 2. The molecule has 0 aliphatic rings. The van der Waals surface area contributed by atoms with Crippen LogP contribution in [0.4, 0.5) is 11.4 Å². The number of benzene rings is 1. The predicted octanol–water partition coefficient (Wildman–Crippen LogP) is 2.85. The lowest BCUT2D eigenvalue weighted by Crippen LogP contribution is -2.09. The summed E-state index contributed by atoms with van der Waals surface area (Å²) < 4.78 is 0. The lowest BCUT2D eigenvalue weighted by molar-refractivity contribution is 1.01. The van der Waals surface area contributed by atoms with E-state index in [-0.39, 0.29) is 0 Å². The van der Waals surface area contributed by atoms with Crippen LogP contribution in [0.15, 0.2) is 0 Å². The van der Waals surface area contributed by atoms with E-state index in [2.05, 4.69) is 27.7 Å². The van der Waals surface area contributed by atoms with Gasteiger partial charge in [-0.2, -0.15) is 0 Å². The van der Waals surface area contributed by atoms with Crippen LogP contribution in [-0.4, -0.2) is 0 Å². The summed E-state index contributed by atoms with van der Waals surface area (Å²) in [6, 6.07) is 0. The molecule has 2 nitrogen and oxygen atoms in total. The molecule has 0 saturated carbocycles. The van der Waals surface area contributed by atoms with Crippen LogP contribution in [0.3, 0.4) is 0 Å². The van der Waals surface area contributed by atoms with Gasteiger partial charge >= 0.3 is 0 Å². The summed E-state index contributed by atoms with van der Waals surface area (Å²) in [5.41, 5.74) is 19.1. The summed E-state index contributed by atoms with van der Waals surface area (Å²) in [6.45, 7) is 8.47. The molecule has 84 valence electrons. The molecule has 0 aliphatic heterocycles. The minimum absolute atomic E-state index is 0.945. The molecule has 0 atom stereocenters. The molecule has 0 aliphatic carbocycles. The standard InChI is InChI=1S/C13H22N2/c1-5-9-8(4)12(14)10(6-2)11(7-3)13(9)15/h5-7,14-15H2,1-4H3. The third-order valence-corrected chi connectivity index (χ3v) is 3.26. The highest BCUT2D eigenvalue weighted by atomic mass is 14.6. The fraction of sp³-hybridized carbons (Fsp3) is 0.538. The summed E-state index contributed by atoms with van der Waals surface area (Å²) in [7, 11) is 0. The van der Waals surface area contributed by atoms with Crippen molar-refractivity contribution in [3.8, 4) is 0 Å². The van der Waals surface area contributed by atoms with E-state index in [1.165, 1.54) is 22.3 Å². The van der Waals surface area contributed by atoms with E-state index in [0.717, 1.165) is 30.6 Å². The van der Waals surface area contributed by atoms with E-state index in [0.29, 0.717) is 0 Å². The van der Waals surface area contributed by atoms with Gasteiger partial charge in [0.25, 0.3) is 0 Å². The Bertz CT molecular complexity index is 368. The van der Waals surface area contributed by atoms with Crippen LogP contribution in [0.1, 0.15) is 43.0 Å². The Balaban J connectivity index is 3.57. The molecule has 0 bridgehead atoms. The van der Waals surface area contributed by atoms with E-state index >= 15 is 0 Å². The van der Waals surface area contributed by atoms with Crippen molar-refractivity contribution < 1.29 is 0 Å². The summed E-state index contributed by atoms with van der Waals surface area (Å²) in [5, 5.41) is 0. The van der Waals surface area contributed by atoms with Gasteiger partial charge in [0.05, 0.1) is 0 Å². The first-order chi connectivity index (χ1) is 7.08. The molecule has 0 spiro atoms. The van der Waals surface area contributed by atoms with Gasteiger partial charge < -0.3 is 11.5 Å². The summed E-state index contributed by atoms with van der Waals surface area (Å²) in [5.74, 6) is 0. The fourth-order valence-corrected chi connectivity index (χ4v) is 2.36. The number of anilines is 2. The molecule has 0 fully saturated rings. The Morgan fingerprint density at radius 1 is 0.733 bits per heavy atom. The summed E-state index contributed by atoms with van der Waals surface area (Å²) in [4.78, 5) is 0. The third-order valence-electron chi connectivity index (χ3n) is 3.26. The SMILES string of the molecule is CCc1c(C)c(N)c(CC)c(CC)c1N. The maximum atomic E-state index is 6.19. The highest BCUT2D eigenvalue weighted by Gasteiger charge is 2.14. The Morgan fingerprint density at radius 3 is 1.53 bits per heavy atom. The number of nitrogen functional groups attached to an aromatic ring is 2. The molecule has 0 amide bonds. The van der Waals surface area contributed by atoms with Crippen LogP contribution in [0.5, 0.6) is 0 Å². The predicted molar refractivity (Wildman–Crippen MR) is 68.1 cm³/mol. The quantitative estimate of drug-likeness (QED) is 0.747. The largest absolute Gasteiger partial charge is 0.398 e. The van der Waals surface area contributed by atoms with Crippen LogP contribution >= 0.6 is 0 Å². The number of hydrogen-bond acceptors (Lipinski definition) is 2. The van der Waals surface area contributed by atoms with Gasteiger partial charge in [-0.3, -0.25) is 0 Å². The van der Waals surface area contributed by atoms with Gasteiger partial charge in [-0.25, -0.2) is 0 Å². The Hall–Kier alpha value is -1.18. The molecular formula is C13H22N2. The maximum Gasteiger partial charge on any atom is 0.0385 e. The van der Waals surface area contributed by atoms with E-state index < -0.39 is 0 Å². The Kier molecular flexibility index (Phi) is 3.61. The van der Waals surface area contributed by atoms with Crippen LogP contribution in [-0.2, 0) is 19.3 Å². The van der Waals surface area contributed by atoms with E-state index in [1.807, 2.05) is 0 Å². The normalized spacial score (nSPS) is 10.7. The molecule has 4 N–H and O–H groups in total. The highest BCUT2D eigenvalue weighted by Crippen LogP contribution is 2.32. The van der Waals surface area contributed by atoms with Crippen molar-refractivity contribution in [1.29, 1.82) is 0 Å². The van der Waals surface area contributed by atoms with Crippen LogP contribution in [0, 0.1) is 6.92 Å². The molecule has 0 aromatic heterocycles. The van der Waals surface area contributed by atoms with Gasteiger partial charge in [0.1, 0.15) is 0 Å². The lowest BCUT2D eigenvalue weighted by Gasteiger charge is -2.19. The minimum atomic E-state index is 0.945. The molecule has 0 heterocycles. The second-order valence-corrected chi connectivity index (χ2v) is 3.95. The minimum Gasteiger partial charge on any atom is -0.398 e. The summed E-state index contributed by atoms with van der Waals surface area (Å²) >= 11 is 0. The second kappa shape index (κ2) is 4.56. The zero-order valence-electron chi connectivity index (χ0n) is 10.3. The smallest absolute Gasteiger partial charge is 0.0385 e. The average molecular weight is 206 g/mol. The van der Waals surface area contributed by atoms with Crippen molar-refractivity contribution in [3.05, 3.63) is 22.3 Å². The van der Waals surface area contributed by atoms with Gasteiger partial charge in [0, 0.05) is 11.4 Å². The zero-order chi connectivity index (χ0) is 11.6. The van der Waals surface area contributed by atoms with Crippen molar-refractivity contribution in [2.45, 2.75) is 47.0 Å². The second-order valence-electron chi connectivity index (χ2n) is 3.95. The molecule has 1 aromatic carbocycles. The molecule has 1 rings (SSSR count). The Labute approximate surface area is 92.7 Å². The van der Waals surface area contributed by atoms with Crippen molar-refractivity contribution >= 4 is 11.4 Å². The monoisotopic (exact) mass is 206 g/mol. The molecule has 0 saturated heterocycles. The fourth-order valence-electron chi connectivity index (χ4n) is 2.36. The molecule has 15 heavy (non-hydrogen) atoms. The maximum absolute atomic E-state index is 6.19.